The third-order valence-corrected chi connectivity index (χ3v) is 5.07. The van der Waals surface area contributed by atoms with E-state index in [1.807, 2.05) is 37.5 Å². The van der Waals surface area contributed by atoms with Crippen molar-refractivity contribution in [3.63, 3.8) is 0 Å². The number of pyridine rings is 1. The van der Waals surface area contributed by atoms with Crippen molar-refractivity contribution in [1.82, 2.24) is 30.4 Å². The summed E-state index contributed by atoms with van der Waals surface area (Å²) in [7, 11) is 0. The molecular weight excluding hydrogens is 392 g/mol. The highest BCUT2D eigenvalue weighted by Crippen LogP contribution is 2.24. The van der Waals surface area contributed by atoms with Crippen molar-refractivity contribution in [2.24, 2.45) is 0 Å². The van der Waals surface area contributed by atoms with Crippen molar-refractivity contribution >= 4 is 23.7 Å². The topological polar surface area (TPSA) is 111 Å². The average Bonchev–Trinajstić information content (AvgIpc) is 3.12. The molecule has 0 saturated carbocycles. The molecular formula is C19H28N6O3S. The summed E-state index contributed by atoms with van der Waals surface area (Å²) in [4.78, 5) is 27.9. The molecule has 3 amide bonds. The van der Waals surface area contributed by atoms with E-state index in [1.54, 1.807) is 12.4 Å². The molecule has 2 heterocycles. The van der Waals surface area contributed by atoms with E-state index in [0.717, 1.165) is 18.4 Å². The molecule has 0 spiro atoms. The van der Waals surface area contributed by atoms with Gasteiger partial charge < -0.3 is 14.6 Å². The van der Waals surface area contributed by atoms with E-state index in [4.69, 9.17) is 4.74 Å². The molecule has 10 heteroatoms. The number of aromatic nitrogens is 4. The van der Waals surface area contributed by atoms with Crippen molar-refractivity contribution in [2.45, 2.75) is 51.4 Å². The van der Waals surface area contributed by atoms with Crippen LogP contribution in [0.5, 0.6) is 0 Å². The quantitative estimate of drug-likeness (QED) is 0.424. The van der Waals surface area contributed by atoms with Crippen LogP contribution in [-0.4, -0.2) is 56.7 Å². The summed E-state index contributed by atoms with van der Waals surface area (Å²) in [5.41, 5.74) is 0.896. The van der Waals surface area contributed by atoms with Gasteiger partial charge in [-0.15, -0.1) is 10.2 Å². The van der Waals surface area contributed by atoms with Crippen LogP contribution in [0.15, 0.2) is 29.7 Å². The van der Waals surface area contributed by atoms with Crippen LogP contribution in [0.2, 0.25) is 0 Å². The zero-order chi connectivity index (χ0) is 21.1. The zero-order valence-electron chi connectivity index (χ0n) is 17.1. The van der Waals surface area contributed by atoms with Crippen molar-refractivity contribution in [1.29, 1.82) is 0 Å². The molecule has 0 unspecified atom stereocenters. The monoisotopic (exact) mass is 420 g/mol. The lowest BCUT2D eigenvalue weighted by Crippen LogP contribution is -2.43. The Balaban J connectivity index is 2.02. The maximum atomic E-state index is 12.1. The lowest BCUT2D eigenvalue weighted by molar-refractivity contribution is -0.117. The highest BCUT2D eigenvalue weighted by atomic mass is 32.2. The molecule has 9 nitrogen and oxygen atoms in total. The highest BCUT2D eigenvalue weighted by Gasteiger charge is 2.16. The number of nitrogens with zero attached hydrogens (tertiary/aromatic N) is 4. The van der Waals surface area contributed by atoms with Gasteiger partial charge in [0.15, 0.2) is 11.0 Å². The van der Waals surface area contributed by atoms with E-state index < -0.39 is 6.03 Å². The van der Waals surface area contributed by atoms with Gasteiger partial charge in [-0.1, -0.05) is 18.7 Å². The van der Waals surface area contributed by atoms with Crippen LogP contribution in [-0.2, 0) is 16.1 Å². The standard InChI is InChI=1S/C19H28N6O3S/c1-4-14(3)21-18(27)22-16(26)13-29-19-24-23-17(15-7-9-20-10-8-15)25(19)11-6-12-28-5-2/h7-10,14H,4-6,11-13H2,1-3H3,(H2,21,22,26,27)/t14-/m1/s1. The first-order valence-electron chi connectivity index (χ1n) is 9.69. The van der Waals surface area contributed by atoms with E-state index in [0.29, 0.717) is 30.7 Å². The van der Waals surface area contributed by atoms with Gasteiger partial charge in [0.1, 0.15) is 0 Å². The Morgan fingerprint density at radius 1 is 1.24 bits per heavy atom. The lowest BCUT2D eigenvalue weighted by Gasteiger charge is -2.12. The fraction of sp³-hybridized carbons (Fsp3) is 0.526. The van der Waals surface area contributed by atoms with Crippen LogP contribution in [0.25, 0.3) is 11.4 Å². The Morgan fingerprint density at radius 3 is 2.69 bits per heavy atom. The van der Waals surface area contributed by atoms with E-state index >= 15 is 0 Å². The normalized spacial score (nSPS) is 11.8. The molecule has 29 heavy (non-hydrogen) atoms. The third kappa shape index (κ3) is 7.47. The van der Waals surface area contributed by atoms with Gasteiger partial charge in [0.05, 0.1) is 5.75 Å². The molecule has 2 N–H and O–H groups in total. The summed E-state index contributed by atoms with van der Waals surface area (Å²) in [6, 6.07) is 3.25. The Hall–Kier alpha value is -2.46. The number of rotatable bonds is 11. The van der Waals surface area contributed by atoms with E-state index in [2.05, 4.69) is 25.8 Å². The summed E-state index contributed by atoms with van der Waals surface area (Å²) in [5.74, 6) is 0.389. The van der Waals surface area contributed by atoms with Crippen molar-refractivity contribution in [3.05, 3.63) is 24.5 Å². The summed E-state index contributed by atoms with van der Waals surface area (Å²) in [5, 5.41) is 14.2. The molecule has 0 fully saturated rings. The molecule has 1 atom stereocenters. The second kappa shape index (κ2) is 12.2. The maximum Gasteiger partial charge on any atom is 0.321 e. The van der Waals surface area contributed by atoms with Gasteiger partial charge in [0, 0.05) is 43.8 Å². The van der Waals surface area contributed by atoms with Gasteiger partial charge >= 0.3 is 6.03 Å². The molecule has 0 aliphatic heterocycles. The molecule has 2 aromatic heterocycles. The Kier molecular flexibility index (Phi) is 9.58. The number of carbonyl (C=O) groups excluding carboxylic acids is 2. The fourth-order valence-corrected chi connectivity index (χ4v) is 3.20. The van der Waals surface area contributed by atoms with Crippen LogP contribution in [0, 0.1) is 0 Å². The van der Waals surface area contributed by atoms with Gasteiger partial charge in [-0.3, -0.25) is 15.1 Å². The fourth-order valence-electron chi connectivity index (χ4n) is 2.44. The predicted molar refractivity (Wildman–Crippen MR) is 112 cm³/mol. The molecule has 0 aromatic carbocycles. The van der Waals surface area contributed by atoms with Crippen molar-refractivity contribution in [3.8, 4) is 11.4 Å². The molecule has 0 saturated heterocycles. The number of thioether (sulfide) groups is 1. The molecule has 2 rings (SSSR count). The molecule has 0 aliphatic rings. The lowest BCUT2D eigenvalue weighted by atomic mass is 10.2. The third-order valence-electron chi connectivity index (χ3n) is 4.11. The predicted octanol–water partition coefficient (Wildman–Crippen LogP) is 2.48. The average molecular weight is 421 g/mol. The maximum absolute atomic E-state index is 12.1. The highest BCUT2D eigenvalue weighted by molar-refractivity contribution is 7.99. The summed E-state index contributed by atoms with van der Waals surface area (Å²) in [6.45, 7) is 7.75. The number of hydrogen-bond acceptors (Lipinski definition) is 7. The van der Waals surface area contributed by atoms with Gasteiger partial charge in [-0.05, 0) is 38.8 Å². The number of amides is 3. The molecule has 0 aliphatic carbocycles. The Labute approximate surface area is 175 Å². The largest absolute Gasteiger partial charge is 0.382 e. The Bertz CT molecular complexity index is 784. The van der Waals surface area contributed by atoms with Gasteiger partial charge in [-0.2, -0.15) is 0 Å². The number of urea groups is 1. The minimum absolute atomic E-state index is 0.00631. The first kappa shape index (κ1) is 22.8. The second-order valence-corrected chi connectivity index (χ2v) is 7.31. The van der Waals surface area contributed by atoms with Gasteiger partial charge in [0.25, 0.3) is 0 Å². The number of carbonyl (C=O) groups is 2. The smallest absolute Gasteiger partial charge is 0.321 e. The minimum atomic E-state index is -0.486. The number of imide groups is 1. The van der Waals surface area contributed by atoms with Crippen LogP contribution in [0.1, 0.15) is 33.6 Å². The van der Waals surface area contributed by atoms with Crippen LogP contribution in [0.3, 0.4) is 0 Å². The molecule has 0 radical (unpaired) electrons. The second-order valence-electron chi connectivity index (χ2n) is 6.36. The Morgan fingerprint density at radius 2 is 2.00 bits per heavy atom. The van der Waals surface area contributed by atoms with Crippen molar-refractivity contribution in [2.75, 3.05) is 19.0 Å². The van der Waals surface area contributed by atoms with Crippen LogP contribution >= 0.6 is 11.8 Å². The minimum Gasteiger partial charge on any atom is -0.382 e. The van der Waals surface area contributed by atoms with Crippen LogP contribution in [0.4, 0.5) is 4.79 Å². The number of nitrogens with one attached hydrogen (secondary N) is 2. The molecule has 158 valence electrons. The van der Waals surface area contributed by atoms with Gasteiger partial charge in [-0.25, -0.2) is 4.79 Å². The number of hydrogen-bond donors (Lipinski definition) is 2. The van der Waals surface area contributed by atoms with Crippen LogP contribution < -0.4 is 10.6 Å². The van der Waals surface area contributed by atoms with E-state index in [1.165, 1.54) is 11.8 Å². The number of ether oxygens (including phenoxy) is 1. The van der Waals surface area contributed by atoms with E-state index in [9.17, 15) is 9.59 Å². The SMILES string of the molecule is CCOCCCn1c(SCC(=O)NC(=O)N[C@H](C)CC)nnc1-c1ccncc1. The van der Waals surface area contributed by atoms with E-state index in [-0.39, 0.29) is 17.7 Å². The first-order valence-corrected chi connectivity index (χ1v) is 10.7. The summed E-state index contributed by atoms with van der Waals surface area (Å²) < 4.78 is 7.38. The van der Waals surface area contributed by atoms with Crippen molar-refractivity contribution < 1.29 is 14.3 Å². The zero-order valence-corrected chi connectivity index (χ0v) is 17.9. The molecule has 2 aromatic rings. The summed E-state index contributed by atoms with van der Waals surface area (Å²) >= 11 is 1.24. The first-order chi connectivity index (χ1) is 14.0. The summed E-state index contributed by atoms with van der Waals surface area (Å²) in [6.07, 6.45) is 4.98. The molecule has 0 bridgehead atoms. The van der Waals surface area contributed by atoms with Gasteiger partial charge in [0.2, 0.25) is 5.91 Å².